The number of nitrogens with one attached hydrogen (secondary N) is 2. The van der Waals surface area contributed by atoms with Gasteiger partial charge >= 0.3 is 5.97 Å². The molecule has 0 spiro atoms. The number of aromatic nitrogens is 2. The van der Waals surface area contributed by atoms with Crippen molar-refractivity contribution in [2.75, 3.05) is 14.2 Å². The summed E-state index contributed by atoms with van der Waals surface area (Å²) >= 11 is 0. The number of carboxylic acids is 1. The van der Waals surface area contributed by atoms with Gasteiger partial charge in [0.05, 0.1) is 31.7 Å². The van der Waals surface area contributed by atoms with E-state index in [9.17, 15) is 9.59 Å². The number of carboxylic acid groups (broad SMARTS) is 1. The molecule has 0 aliphatic rings. The Morgan fingerprint density at radius 2 is 1.86 bits per heavy atom. The highest BCUT2D eigenvalue weighted by atomic mass is 16.5. The van der Waals surface area contributed by atoms with Gasteiger partial charge in [-0.15, -0.1) is 0 Å². The van der Waals surface area contributed by atoms with Crippen LogP contribution in [-0.4, -0.2) is 47.6 Å². The predicted molar refractivity (Wildman–Crippen MR) is 106 cm³/mol. The number of hydrazone groups is 1. The number of hydrogen-bond acceptors (Lipinski definition) is 6. The number of carbonyl (C=O) groups is 2. The smallest absolute Gasteiger partial charge is 0.335 e. The Labute approximate surface area is 166 Å². The van der Waals surface area contributed by atoms with E-state index in [-0.39, 0.29) is 11.3 Å². The standard InChI is InChI=1S/C20H18N4O5/c1-28-14-7-8-18(29-2)15(9-14)16-10-17(23-22-16)19(25)24-21-11-12-3-5-13(6-4-12)20(26)27/h3-11H,1-2H3,(H,22,23)(H,24,25)(H,26,27). The van der Waals surface area contributed by atoms with Gasteiger partial charge in [0.15, 0.2) is 0 Å². The van der Waals surface area contributed by atoms with Crippen LogP contribution in [0.2, 0.25) is 0 Å². The summed E-state index contributed by atoms with van der Waals surface area (Å²) < 4.78 is 10.6. The van der Waals surface area contributed by atoms with Crippen LogP contribution in [0, 0.1) is 0 Å². The largest absolute Gasteiger partial charge is 0.497 e. The first kappa shape index (κ1) is 19.6. The molecule has 0 fully saturated rings. The third-order valence-corrected chi connectivity index (χ3v) is 4.04. The minimum absolute atomic E-state index is 0.171. The number of hydrogen-bond donors (Lipinski definition) is 3. The van der Waals surface area contributed by atoms with Crippen molar-refractivity contribution in [3.05, 3.63) is 65.4 Å². The van der Waals surface area contributed by atoms with E-state index in [4.69, 9.17) is 14.6 Å². The molecule has 0 aliphatic carbocycles. The third-order valence-electron chi connectivity index (χ3n) is 4.04. The molecule has 0 atom stereocenters. The van der Waals surface area contributed by atoms with Crippen molar-refractivity contribution in [1.82, 2.24) is 15.6 Å². The van der Waals surface area contributed by atoms with E-state index >= 15 is 0 Å². The molecule has 3 rings (SSSR count). The monoisotopic (exact) mass is 394 g/mol. The molecule has 9 nitrogen and oxygen atoms in total. The summed E-state index contributed by atoms with van der Waals surface area (Å²) in [5, 5.41) is 19.6. The zero-order valence-electron chi connectivity index (χ0n) is 15.7. The van der Waals surface area contributed by atoms with Crippen LogP contribution in [0.5, 0.6) is 11.5 Å². The first-order valence-corrected chi connectivity index (χ1v) is 8.46. The Morgan fingerprint density at radius 3 is 2.52 bits per heavy atom. The number of H-pyrrole nitrogens is 1. The number of nitrogens with zero attached hydrogens (tertiary/aromatic N) is 2. The third kappa shape index (κ3) is 4.59. The van der Waals surface area contributed by atoms with Gasteiger partial charge in [-0.3, -0.25) is 9.89 Å². The molecule has 2 aromatic carbocycles. The molecule has 3 aromatic rings. The Morgan fingerprint density at radius 1 is 1.10 bits per heavy atom. The molecule has 0 aliphatic heterocycles. The van der Waals surface area contributed by atoms with Gasteiger partial charge < -0.3 is 14.6 Å². The van der Waals surface area contributed by atoms with Crippen LogP contribution in [0.15, 0.2) is 53.6 Å². The number of rotatable bonds is 7. The molecule has 0 bridgehead atoms. The quantitative estimate of drug-likeness (QED) is 0.418. The van der Waals surface area contributed by atoms with E-state index < -0.39 is 11.9 Å². The topological polar surface area (TPSA) is 126 Å². The Hall–Kier alpha value is -4.14. The van der Waals surface area contributed by atoms with Crippen molar-refractivity contribution in [3.8, 4) is 22.8 Å². The van der Waals surface area contributed by atoms with Crippen molar-refractivity contribution in [3.63, 3.8) is 0 Å². The zero-order chi connectivity index (χ0) is 20.8. The van der Waals surface area contributed by atoms with Gasteiger partial charge in [0.2, 0.25) is 0 Å². The molecule has 29 heavy (non-hydrogen) atoms. The number of carbonyl (C=O) groups excluding carboxylic acids is 1. The van der Waals surface area contributed by atoms with Gasteiger partial charge in [-0.05, 0) is 42.0 Å². The fourth-order valence-corrected chi connectivity index (χ4v) is 2.53. The number of amides is 1. The van der Waals surface area contributed by atoms with E-state index in [0.717, 1.165) is 0 Å². The molecule has 3 N–H and O–H groups in total. The molecule has 1 heterocycles. The Bertz CT molecular complexity index is 1060. The SMILES string of the molecule is COc1ccc(OC)c(-c2cc(C(=O)NN=Cc3ccc(C(=O)O)cc3)[nH]n2)c1. The highest BCUT2D eigenvalue weighted by molar-refractivity contribution is 5.94. The van der Waals surface area contributed by atoms with Crippen LogP contribution >= 0.6 is 0 Å². The lowest BCUT2D eigenvalue weighted by atomic mass is 10.1. The average Bonchev–Trinajstić information content (AvgIpc) is 3.23. The van der Waals surface area contributed by atoms with Gasteiger partial charge in [-0.25, -0.2) is 10.2 Å². The lowest BCUT2D eigenvalue weighted by Crippen LogP contribution is -2.18. The summed E-state index contributed by atoms with van der Waals surface area (Å²) in [5.74, 6) is -0.270. The van der Waals surface area contributed by atoms with Crippen LogP contribution < -0.4 is 14.9 Å². The number of ether oxygens (including phenoxy) is 2. The average molecular weight is 394 g/mol. The normalized spacial score (nSPS) is 10.7. The Kier molecular flexibility index (Phi) is 5.88. The molecule has 1 amide bonds. The summed E-state index contributed by atoms with van der Waals surface area (Å²) in [5.41, 5.74) is 4.59. The summed E-state index contributed by atoms with van der Waals surface area (Å²) in [7, 11) is 3.10. The number of aromatic amines is 1. The second-order valence-corrected chi connectivity index (χ2v) is 5.86. The molecule has 0 saturated heterocycles. The molecule has 0 unspecified atom stereocenters. The van der Waals surface area contributed by atoms with Crippen molar-refractivity contribution in [1.29, 1.82) is 0 Å². The summed E-state index contributed by atoms with van der Waals surface area (Å²) in [4.78, 5) is 23.1. The first-order chi connectivity index (χ1) is 14.0. The fraction of sp³-hybridized carbons (Fsp3) is 0.100. The highest BCUT2D eigenvalue weighted by Gasteiger charge is 2.14. The van der Waals surface area contributed by atoms with Crippen LogP contribution in [0.3, 0.4) is 0 Å². The molecule has 148 valence electrons. The number of benzene rings is 2. The maximum absolute atomic E-state index is 12.3. The number of aromatic carboxylic acids is 1. The molecule has 0 saturated carbocycles. The van der Waals surface area contributed by atoms with E-state index in [0.29, 0.717) is 28.3 Å². The molecule has 0 radical (unpaired) electrons. The van der Waals surface area contributed by atoms with Crippen LogP contribution in [-0.2, 0) is 0 Å². The fourth-order valence-electron chi connectivity index (χ4n) is 2.53. The van der Waals surface area contributed by atoms with E-state index in [1.807, 2.05) is 0 Å². The second-order valence-electron chi connectivity index (χ2n) is 5.86. The van der Waals surface area contributed by atoms with E-state index in [2.05, 4.69) is 20.7 Å². The first-order valence-electron chi connectivity index (χ1n) is 8.46. The summed E-state index contributed by atoms with van der Waals surface area (Å²) in [6, 6.07) is 12.9. The minimum atomic E-state index is -1.01. The maximum atomic E-state index is 12.3. The molecular weight excluding hydrogens is 376 g/mol. The van der Waals surface area contributed by atoms with Gasteiger partial charge in [0, 0.05) is 5.56 Å². The van der Waals surface area contributed by atoms with Crippen LogP contribution in [0.4, 0.5) is 0 Å². The van der Waals surface area contributed by atoms with Gasteiger partial charge in [-0.1, -0.05) is 12.1 Å². The van der Waals surface area contributed by atoms with Gasteiger partial charge in [-0.2, -0.15) is 10.2 Å². The van der Waals surface area contributed by atoms with Crippen LogP contribution in [0.25, 0.3) is 11.3 Å². The van der Waals surface area contributed by atoms with Crippen LogP contribution in [0.1, 0.15) is 26.4 Å². The van der Waals surface area contributed by atoms with Gasteiger partial charge in [0.25, 0.3) is 5.91 Å². The summed E-state index contributed by atoms with van der Waals surface area (Å²) in [6.07, 6.45) is 1.41. The molecule has 1 aromatic heterocycles. The lowest BCUT2D eigenvalue weighted by molar-refractivity contribution is 0.0696. The minimum Gasteiger partial charge on any atom is -0.497 e. The Balaban J connectivity index is 1.70. The van der Waals surface area contributed by atoms with E-state index in [1.165, 1.54) is 18.3 Å². The maximum Gasteiger partial charge on any atom is 0.335 e. The summed E-state index contributed by atoms with van der Waals surface area (Å²) in [6.45, 7) is 0. The molecular formula is C20H18N4O5. The van der Waals surface area contributed by atoms with Crippen molar-refractivity contribution in [2.24, 2.45) is 5.10 Å². The van der Waals surface area contributed by atoms with Crippen molar-refractivity contribution >= 4 is 18.1 Å². The lowest BCUT2D eigenvalue weighted by Gasteiger charge is -2.08. The van der Waals surface area contributed by atoms with Crippen molar-refractivity contribution in [2.45, 2.75) is 0 Å². The molecule has 9 heteroatoms. The predicted octanol–water partition coefficient (Wildman–Crippen LogP) is 2.56. The zero-order valence-corrected chi connectivity index (χ0v) is 15.7. The van der Waals surface area contributed by atoms with Crippen molar-refractivity contribution < 1.29 is 24.2 Å². The van der Waals surface area contributed by atoms with Gasteiger partial charge in [0.1, 0.15) is 17.2 Å². The second kappa shape index (κ2) is 8.70. The highest BCUT2D eigenvalue weighted by Crippen LogP contribution is 2.32. The number of methoxy groups -OCH3 is 2. The van der Waals surface area contributed by atoms with E-state index in [1.54, 1.807) is 50.6 Å².